The number of nitrogens with one attached hydrogen (secondary N) is 2. The molecule has 1 unspecified atom stereocenters. The molecule has 1 aromatic heterocycles. The molecule has 5 nitrogen and oxygen atoms in total. The van der Waals surface area contributed by atoms with Gasteiger partial charge in [0.1, 0.15) is 5.82 Å². The van der Waals surface area contributed by atoms with Crippen molar-refractivity contribution in [2.24, 2.45) is 0 Å². The Morgan fingerprint density at radius 2 is 1.90 bits per heavy atom. The molecule has 0 saturated carbocycles. The van der Waals surface area contributed by atoms with Gasteiger partial charge in [-0.2, -0.15) is 0 Å². The predicted octanol–water partition coefficient (Wildman–Crippen LogP) is 3.05. The van der Waals surface area contributed by atoms with Crippen molar-refractivity contribution in [2.75, 3.05) is 11.9 Å². The number of hydrogen-bond donors (Lipinski definition) is 2. The van der Waals surface area contributed by atoms with E-state index in [-0.39, 0.29) is 17.6 Å². The van der Waals surface area contributed by atoms with Crippen molar-refractivity contribution in [1.29, 1.82) is 0 Å². The van der Waals surface area contributed by atoms with E-state index in [0.29, 0.717) is 10.8 Å². The average molecular weight is 305 g/mol. The molecule has 2 aromatic rings. The molecule has 1 aromatic carbocycles. The second-order valence-electron chi connectivity index (χ2n) is 4.58. The maximum atomic E-state index is 12.1. The number of carbonyl (C=O) groups excluding carboxylic acids is 1. The highest BCUT2D eigenvalue weighted by atomic mass is 35.5. The van der Waals surface area contributed by atoms with Gasteiger partial charge < -0.3 is 10.6 Å². The third-order valence-electron chi connectivity index (χ3n) is 2.97. The van der Waals surface area contributed by atoms with E-state index in [2.05, 4.69) is 20.8 Å². The van der Waals surface area contributed by atoms with Crippen molar-refractivity contribution in [3.63, 3.8) is 0 Å². The summed E-state index contributed by atoms with van der Waals surface area (Å²) in [5, 5.41) is 14.4. The molecule has 6 heteroatoms. The summed E-state index contributed by atoms with van der Waals surface area (Å²) in [4.78, 5) is 12.1. The van der Waals surface area contributed by atoms with Gasteiger partial charge in [-0.05, 0) is 43.7 Å². The van der Waals surface area contributed by atoms with Crippen molar-refractivity contribution in [2.45, 2.75) is 19.9 Å². The number of benzene rings is 1. The van der Waals surface area contributed by atoms with Crippen molar-refractivity contribution in [3.8, 4) is 0 Å². The van der Waals surface area contributed by atoms with Crippen LogP contribution >= 0.6 is 11.6 Å². The zero-order valence-electron chi connectivity index (χ0n) is 11.9. The lowest BCUT2D eigenvalue weighted by Gasteiger charge is -2.14. The molecule has 0 aliphatic carbocycles. The van der Waals surface area contributed by atoms with Crippen molar-refractivity contribution in [1.82, 2.24) is 15.5 Å². The fourth-order valence-electron chi connectivity index (χ4n) is 1.83. The summed E-state index contributed by atoms with van der Waals surface area (Å²) in [6.45, 7) is 4.63. The number of nitrogens with zero attached hydrogens (tertiary/aromatic N) is 2. The second-order valence-corrected chi connectivity index (χ2v) is 5.02. The van der Waals surface area contributed by atoms with E-state index < -0.39 is 0 Å². The Morgan fingerprint density at radius 1 is 1.19 bits per heavy atom. The first-order valence-electron chi connectivity index (χ1n) is 6.74. The number of hydrogen-bond acceptors (Lipinski definition) is 4. The SMILES string of the molecule is CCNc1ccc(C(=O)NC(C)c2ccc(Cl)cc2)nn1. The zero-order chi connectivity index (χ0) is 15.2. The monoisotopic (exact) mass is 304 g/mol. The summed E-state index contributed by atoms with van der Waals surface area (Å²) in [5.74, 6) is 0.396. The van der Waals surface area contributed by atoms with Crippen LogP contribution < -0.4 is 10.6 Å². The van der Waals surface area contributed by atoms with Gasteiger partial charge in [-0.25, -0.2) is 0 Å². The molecule has 0 fully saturated rings. The van der Waals surface area contributed by atoms with Crippen molar-refractivity contribution < 1.29 is 4.79 Å². The van der Waals surface area contributed by atoms with Gasteiger partial charge >= 0.3 is 0 Å². The van der Waals surface area contributed by atoms with Gasteiger partial charge in [0, 0.05) is 11.6 Å². The minimum Gasteiger partial charge on any atom is -0.369 e. The third kappa shape index (κ3) is 4.16. The fourth-order valence-corrected chi connectivity index (χ4v) is 1.96. The molecule has 110 valence electrons. The first-order valence-corrected chi connectivity index (χ1v) is 7.12. The number of aromatic nitrogens is 2. The normalized spacial score (nSPS) is 11.8. The van der Waals surface area contributed by atoms with E-state index in [1.807, 2.05) is 26.0 Å². The number of amides is 1. The molecule has 0 aliphatic rings. The summed E-state index contributed by atoms with van der Waals surface area (Å²) >= 11 is 5.85. The minimum atomic E-state index is -0.256. The number of rotatable bonds is 5. The average Bonchev–Trinajstić information content (AvgIpc) is 2.49. The highest BCUT2D eigenvalue weighted by Gasteiger charge is 2.13. The van der Waals surface area contributed by atoms with Gasteiger partial charge in [0.05, 0.1) is 6.04 Å². The van der Waals surface area contributed by atoms with Gasteiger partial charge in [0.25, 0.3) is 5.91 Å². The van der Waals surface area contributed by atoms with Crippen LogP contribution in [0.25, 0.3) is 0 Å². The summed E-state index contributed by atoms with van der Waals surface area (Å²) in [5.41, 5.74) is 1.27. The fraction of sp³-hybridized carbons (Fsp3) is 0.267. The molecule has 2 N–H and O–H groups in total. The van der Waals surface area contributed by atoms with Gasteiger partial charge in [-0.1, -0.05) is 23.7 Å². The van der Waals surface area contributed by atoms with E-state index in [1.54, 1.807) is 24.3 Å². The highest BCUT2D eigenvalue weighted by Crippen LogP contribution is 2.16. The van der Waals surface area contributed by atoms with Gasteiger partial charge in [0.2, 0.25) is 0 Å². The lowest BCUT2D eigenvalue weighted by Crippen LogP contribution is -2.27. The molecule has 1 amide bonds. The Labute approximate surface area is 128 Å². The lowest BCUT2D eigenvalue weighted by molar-refractivity contribution is 0.0934. The van der Waals surface area contributed by atoms with Gasteiger partial charge in [-0.3, -0.25) is 4.79 Å². The molecule has 1 heterocycles. The van der Waals surface area contributed by atoms with Gasteiger partial charge in [0.15, 0.2) is 5.69 Å². The first kappa shape index (κ1) is 15.3. The van der Waals surface area contributed by atoms with Crippen LogP contribution in [0.1, 0.15) is 35.9 Å². The van der Waals surface area contributed by atoms with Crippen LogP contribution in [0.5, 0.6) is 0 Å². The first-order chi connectivity index (χ1) is 10.1. The van der Waals surface area contributed by atoms with E-state index in [0.717, 1.165) is 12.1 Å². The predicted molar refractivity (Wildman–Crippen MR) is 83.5 cm³/mol. The third-order valence-corrected chi connectivity index (χ3v) is 3.22. The Bertz CT molecular complexity index is 598. The van der Waals surface area contributed by atoms with Crippen LogP contribution in [-0.2, 0) is 0 Å². The summed E-state index contributed by atoms with van der Waals surface area (Å²) in [6.07, 6.45) is 0. The molecular formula is C15H17ClN4O. The largest absolute Gasteiger partial charge is 0.369 e. The van der Waals surface area contributed by atoms with Crippen molar-refractivity contribution in [3.05, 3.63) is 52.7 Å². The molecule has 0 spiro atoms. The molecule has 2 rings (SSSR count). The number of anilines is 1. The summed E-state index contributed by atoms with van der Waals surface area (Å²) in [6, 6.07) is 10.6. The smallest absolute Gasteiger partial charge is 0.272 e. The Hall–Kier alpha value is -2.14. The zero-order valence-corrected chi connectivity index (χ0v) is 12.7. The van der Waals surface area contributed by atoms with Crippen LogP contribution in [0, 0.1) is 0 Å². The van der Waals surface area contributed by atoms with E-state index in [4.69, 9.17) is 11.6 Å². The van der Waals surface area contributed by atoms with Crippen LogP contribution in [-0.4, -0.2) is 22.6 Å². The molecule has 0 radical (unpaired) electrons. The Balaban J connectivity index is 2.01. The second kappa shape index (κ2) is 7.04. The lowest BCUT2D eigenvalue weighted by atomic mass is 10.1. The molecule has 21 heavy (non-hydrogen) atoms. The molecule has 0 bridgehead atoms. The van der Waals surface area contributed by atoms with E-state index in [9.17, 15) is 4.79 Å². The number of carbonyl (C=O) groups is 1. The summed E-state index contributed by atoms with van der Waals surface area (Å²) in [7, 11) is 0. The minimum absolute atomic E-state index is 0.134. The quantitative estimate of drug-likeness (QED) is 0.891. The highest BCUT2D eigenvalue weighted by molar-refractivity contribution is 6.30. The molecule has 0 saturated heterocycles. The Morgan fingerprint density at radius 3 is 2.48 bits per heavy atom. The van der Waals surface area contributed by atoms with E-state index in [1.165, 1.54) is 0 Å². The summed E-state index contributed by atoms with van der Waals surface area (Å²) < 4.78 is 0. The molecular weight excluding hydrogens is 288 g/mol. The standard InChI is InChI=1S/C15H17ClN4O/c1-3-17-14-9-8-13(19-20-14)15(21)18-10(2)11-4-6-12(16)7-5-11/h4-10H,3H2,1-2H3,(H,17,20)(H,18,21). The van der Waals surface area contributed by atoms with Crippen LogP contribution in [0.15, 0.2) is 36.4 Å². The van der Waals surface area contributed by atoms with Crippen LogP contribution in [0.3, 0.4) is 0 Å². The van der Waals surface area contributed by atoms with Crippen LogP contribution in [0.2, 0.25) is 5.02 Å². The maximum absolute atomic E-state index is 12.1. The van der Waals surface area contributed by atoms with Crippen molar-refractivity contribution >= 4 is 23.3 Å². The maximum Gasteiger partial charge on any atom is 0.272 e. The number of halogens is 1. The van der Waals surface area contributed by atoms with E-state index >= 15 is 0 Å². The Kier molecular flexibility index (Phi) is 5.11. The topological polar surface area (TPSA) is 66.9 Å². The van der Waals surface area contributed by atoms with Gasteiger partial charge in [-0.15, -0.1) is 10.2 Å². The molecule has 0 aliphatic heterocycles. The molecule has 1 atom stereocenters. The van der Waals surface area contributed by atoms with Crippen LogP contribution in [0.4, 0.5) is 5.82 Å².